The number of hydrogen-bond donors (Lipinski definition) is 1. The molecule has 4 rings (SSSR count). The molecule has 7 atom stereocenters. The number of carbonyl (C=O) groups is 1. The molecule has 3 saturated carbocycles. The summed E-state index contributed by atoms with van der Waals surface area (Å²) >= 11 is 0. The van der Waals surface area contributed by atoms with Crippen LogP contribution in [0.15, 0.2) is 12.2 Å². The normalized spacial score (nSPS) is 55.8. The second kappa shape index (κ2) is 4.44. The first-order valence-corrected chi connectivity index (χ1v) is 8.85. The van der Waals surface area contributed by atoms with E-state index in [-0.39, 0.29) is 16.9 Å². The Balaban J connectivity index is 1.68. The fourth-order valence-corrected chi connectivity index (χ4v) is 6.61. The van der Waals surface area contributed by atoms with Crippen LogP contribution in [-0.2, 0) is 4.79 Å². The van der Waals surface area contributed by atoms with Gasteiger partial charge in [0, 0.05) is 6.42 Å². The predicted molar refractivity (Wildman–Crippen MR) is 82.6 cm³/mol. The second-order valence-electron chi connectivity index (χ2n) is 8.66. The molecule has 2 heteroatoms. The van der Waals surface area contributed by atoms with Crippen molar-refractivity contribution in [1.82, 2.24) is 0 Å². The average Bonchev–Trinajstić information content (AvgIpc) is 2.76. The number of fused-ring (bicyclic) bond motifs is 5. The van der Waals surface area contributed by atoms with Crippen LogP contribution in [0.1, 0.15) is 58.8 Å². The Morgan fingerprint density at radius 2 is 1.90 bits per heavy atom. The molecule has 4 aliphatic carbocycles. The quantitative estimate of drug-likeness (QED) is 0.737. The van der Waals surface area contributed by atoms with Crippen molar-refractivity contribution >= 4 is 5.78 Å². The molecule has 0 aliphatic heterocycles. The number of hydrogen-bond acceptors (Lipinski definition) is 2. The van der Waals surface area contributed by atoms with Gasteiger partial charge in [-0.2, -0.15) is 0 Å². The Labute approximate surface area is 128 Å². The highest BCUT2D eigenvalue weighted by atomic mass is 16.3. The molecule has 0 bridgehead atoms. The summed E-state index contributed by atoms with van der Waals surface area (Å²) in [5, 5.41) is 10.4. The zero-order valence-electron chi connectivity index (χ0n) is 13.3. The van der Waals surface area contributed by atoms with Crippen LogP contribution < -0.4 is 0 Å². The standard InChI is InChI=1S/C19H28O2/c1-18-9-7-13(20)11-12(18)3-4-14-15-5-6-17(21)19(15,2)10-8-16(14)18/h7,9,12,14-17,21H,3-6,8,10-11H2,1-2H3/t12-,14-,15-,16+,17+,18-,19-/m0/s1. The van der Waals surface area contributed by atoms with E-state index >= 15 is 0 Å². The largest absolute Gasteiger partial charge is 0.393 e. The molecule has 0 saturated heterocycles. The van der Waals surface area contributed by atoms with E-state index in [1.54, 1.807) is 0 Å². The smallest absolute Gasteiger partial charge is 0.155 e. The summed E-state index contributed by atoms with van der Waals surface area (Å²) in [6, 6.07) is 0. The van der Waals surface area contributed by atoms with Gasteiger partial charge < -0.3 is 5.11 Å². The Morgan fingerprint density at radius 1 is 1.10 bits per heavy atom. The third kappa shape index (κ3) is 1.78. The van der Waals surface area contributed by atoms with Crippen LogP contribution in [0.5, 0.6) is 0 Å². The van der Waals surface area contributed by atoms with Crippen molar-refractivity contribution in [3.63, 3.8) is 0 Å². The van der Waals surface area contributed by atoms with Gasteiger partial charge in [-0.25, -0.2) is 0 Å². The average molecular weight is 288 g/mol. The molecular weight excluding hydrogens is 260 g/mol. The maximum absolute atomic E-state index is 11.8. The van der Waals surface area contributed by atoms with Gasteiger partial charge in [0.15, 0.2) is 5.78 Å². The molecule has 0 radical (unpaired) electrons. The van der Waals surface area contributed by atoms with Gasteiger partial charge in [0.2, 0.25) is 0 Å². The number of allylic oxidation sites excluding steroid dienone is 2. The molecule has 0 aromatic carbocycles. The van der Waals surface area contributed by atoms with E-state index in [2.05, 4.69) is 19.9 Å². The molecule has 0 aromatic heterocycles. The highest BCUT2D eigenvalue weighted by Crippen LogP contribution is 2.64. The third-order valence-corrected chi connectivity index (χ3v) is 7.99. The topological polar surface area (TPSA) is 37.3 Å². The Hall–Kier alpha value is -0.630. The minimum atomic E-state index is -0.0857. The van der Waals surface area contributed by atoms with Crippen molar-refractivity contribution in [2.45, 2.75) is 64.9 Å². The Kier molecular flexibility index (Phi) is 2.96. The van der Waals surface area contributed by atoms with E-state index in [0.717, 1.165) is 24.7 Å². The lowest BCUT2D eigenvalue weighted by atomic mass is 9.46. The lowest BCUT2D eigenvalue weighted by Gasteiger charge is -2.58. The fourth-order valence-electron chi connectivity index (χ4n) is 6.61. The summed E-state index contributed by atoms with van der Waals surface area (Å²) in [5.41, 5.74) is 0.393. The summed E-state index contributed by atoms with van der Waals surface area (Å²) in [7, 11) is 0. The highest BCUT2D eigenvalue weighted by Gasteiger charge is 2.59. The maximum Gasteiger partial charge on any atom is 0.155 e. The molecule has 21 heavy (non-hydrogen) atoms. The van der Waals surface area contributed by atoms with Crippen molar-refractivity contribution in [2.24, 2.45) is 34.5 Å². The van der Waals surface area contributed by atoms with Gasteiger partial charge in [-0.3, -0.25) is 4.79 Å². The molecule has 1 N–H and O–H groups in total. The third-order valence-electron chi connectivity index (χ3n) is 7.99. The van der Waals surface area contributed by atoms with Gasteiger partial charge in [0.05, 0.1) is 6.10 Å². The van der Waals surface area contributed by atoms with Crippen molar-refractivity contribution in [3.8, 4) is 0 Å². The maximum atomic E-state index is 11.8. The van der Waals surface area contributed by atoms with E-state index in [1.807, 2.05) is 6.08 Å². The molecule has 4 aliphatic rings. The molecule has 0 unspecified atom stereocenters. The van der Waals surface area contributed by atoms with Crippen LogP contribution in [0.3, 0.4) is 0 Å². The first-order chi connectivity index (χ1) is 9.95. The Bertz CT molecular complexity index is 496. The predicted octanol–water partition coefficient (Wildman–Crippen LogP) is 3.74. The molecule has 0 amide bonds. The van der Waals surface area contributed by atoms with Crippen molar-refractivity contribution in [1.29, 1.82) is 0 Å². The van der Waals surface area contributed by atoms with E-state index in [0.29, 0.717) is 17.6 Å². The zero-order chi connectivity index (χ0) is 14.8. The first kappa shape index (κ1) is 14.0. The minimum Gasteiger partial charge on any atom is -0.393 e. The monoisotopic (exact) mass is 288 g/mol. The van der Waals surface area contributed by atoms with Crippen LogP contribution >= 0.6 is 0 Å². The van der Waals surface area contributed by atoms with E-state index < -0.39 is 0 Å². The highest BCUT2D eigenvalue weighted by molar-refractivity contribution is 5.91. The number of aliphatic hydroxyl groups excluding tert-OH is 1. The zero-order valence-corrected chi connectivity index (χ0v) is 13.3. The fraction of sp³-hybridized carbons (Fsp3) is 0.842. The van der Waals surface area contributed by atoms with E-state index in [9.17, 15) is 9.90 Å². The molecular formula is C19H28O2. The van der Waals surface area contributed by atoms with Gasteiger partial charge in [-0.05, 0) is 79.1 Å². The summed E-state index contributed by atoms with van der Waals surface area (Å²) in [6.45, 7) is 4.74. The van der Waals surface area contributed by atoms with Gasteiger partial charge in [0.25, 0.3) is 0 Å². The van der Waals surface area contributed by atoms with Crippen LogP contribution in [0, 0.1) is 34.5 Å². The molecule has 0 spiro atoms. The van der Waals surface area contributed by atoms with Crippen LogP contribution in [0.25, 0.3) is 0 Å². The SMILES string of the molecule is C[C@]12C=CC(=O)C[C@@H]1CC[C@@H]1[C@H]2CC[C@]2(C)[C@H](O)CC[C@@H]12. The van der Waals surface area contributed by atoms with Crippen molar-refractivity contribution in [2.75, 3.05) is 0 Å². The molecule has 3 fully saturated rings. The lowest BCUT2D eigenvalue weighted by Crippen LogP contribution is -2.52. The molecule has 0 heterocycles. The molecule has 2 nitrogen and oxygen atoms in total. The number of carbonyl (C=O) groups excluding carboxylic acids is 1. The number of rotatable bonds is 0. The minimum absolute atomic E-state index is 0.0857. The van der Waals surface area contributed by atoms with Gasteiger partial charge >= 0.3 is 0 Å². The number of ketones is 1. The van der Waals surface area contributed by atoms with Gasteiger partial charge in [-0.15, -0.1) is 0 Å². The summed E-state index contributed by atoms with van der Waals surface area (Å²) in [6.07, 6.45) is 11.9. The van der Waals surface area contributed by atoms with Gasteiger partial charge in [-0.1, -0.05) is 19.9 Å². The Morgan fingerprint density at radius 3 is 2.71 bits per heavy atom. The first-order valence-electron chi connectivity index (χ1n) is 8.85. The van der Waals surface area contributed by atoms with Crippen LogP contribution in [0.4, 0.5) is 0 Å². The van der Waals surface area contributed by atoms with Crippen LogP contribution in [0.2, 0.25) is 0 Å². The van der Waals surface area contributed by atoms with Crippen LogP contribution in [-0.4, -0.2) is 17.0 Å². The summed E-state index contributed by atoms with van der Waals surface area (Å²) in [4.78, 5) is 11.8. The summed E-state index contributed by atoms with van der Waals surface area (Å²) in [5.74, 6) is 3.08. The lowest BCUT2D eigenvalue weighted by molar-refractivity contribution is -0.123. The molecule has 116 valence electrons. The van der Waals surface area contributed by atoms with E-state index in [1.165, 1.54) is 32.1 Å². The summed E-state index contributed by atoms with van der Waals surface area (Å²) < 4.78 is 0. The van der Waals surface area contributed by atoms with Crippen molar-refractivity contribution in [3.05, 3.63) is 12.2 Å². The van der Waals surface area contributed by atoms with Crippen molar-refractivity contribution < 1.29 is 9.90 Å². The van der Waals surface area contributed by atoms with Gasteiger partial charge in [0.1, 0.15) is 0 Å². The van der Waals surface area contributed by atoms with E-state index in [4.69, 9.17) is 0 Å². The number of aliphatic hydroxyl groups is 1. The molecule has 0 aromatic rings. The second-order valence-corrected chi connectivity index (χ2v) is 8.66.